The Balaban J connectivity index is 2.59. The zero-order valence-corrected chi connectivity index (χ0v) is 7.89. The summed E-state index contributed by atoms with van der Waals surface area (Å²) >= 11 is 1.52. The van der Waals surface area contributed by atoms with E-state index in [1.165, 1.54) is 11.8 Å². The molecule has 0 radical (unpaired) electrons. The number of nitrogens with one attached hydrogen (secondary N) is 1. The molecule has 2 unspecified atom stereocenters. The molecule has 1 aliphatic rings. The average Bonchev–Trinajstić information content (AvgIpc) is 2.51. The van der Waals surface area contributed by atoms with Crippen molar-refractivity contribution < 1.29 is 9.90 Å². The van der Waals surface area contributed by atoms with Crippen molar-refractivity contribution in [3.8, 4) is 0 Å². The standard InChI is InChI=1S/C7H12N2O2S/c1-4(8-2)6-9-5(3-12-6)7(10)11/h4-5,8H,3H2,1-2H3,(H,10,11). The van der Waals surface area contributed by atoms with Crippen molar-refractivity contribution in [1.29, 1.82) is 0 Å². The van der Waals surface area contributed by atoms with Gasteiger partial charge >= 0.3 is 5.97 Å². The minimum absolute atomic E-state index is 0.166. The molecule has 4 nitrogen and oxygen atoms in total. The van der Waals surface area contributed by atoms with Crippen LogP contribution in [0.2, 0.25) is 0 Å². The van der Waals surface area contributed by atoms with Gasteiger partial charge in [0.1, 0.15) is 0 Å². The number of aliphatic imine (C=N–C) groups is 1. The fraction of sp³-hybridized carbons (Fsp3) is 0.714. The van der Waals surface area contributed by atoms with Crippen LogP contribution in [0, 0.1) is 0 Å². The van der Waals surface area contributed by atoms with E-state index in [0.717, 1.165) is 5.04 Å². The molecule has 0 bridgehead atoms. The highest BCUT2D eigenvalue weighted by Crippen LogP contribution is 2.20. The van der Waals surface area contributed by atoms with Crippen molar-refractivity contribution in [2.75, 3.05) is 12.8 Å². The number of carboxylic acids is 1. The van der Waals surface area contributed by atoms with Crippen LogP contribution >= 0.6 is 11.8 Å². The number of thioether (sulfide) groups is 1. The Kier molecular flexibility index (Phi) is 3.11. The molecule has 1 aliphatic heterocycles. The SMILES string of the molecule is CNC(C)C1=NC(C(=O)O)CS1. The maximum Gasteiger partial charge on any atom is 0.329 e. The Bertz CT molecular complexity index is 217. The lowest BCUT2D eigenvalue weighted by atomic mass is 10.3. The minimum Gasteiger partial charge on any atom is -0.480 e. The lowest BCUT2D eigenvalue weighted by Gasteiger charge is -2.07. The van der Waals surface area contributed by atoms with E-state index in [2.05, 4.69) is 10.3 Å². The van der Waals surface area contributed by atoms with Crippen LogP contribution in [-0.4, -0.2) is 41.0 Å². The zero-order chi connectivity index (χ0) is 9.14. The number of hydrogen-bond donors (Lipinski definition) is 2. The van der Waals surface area contributed by atoms with E-state index in [9.17, 15) is 4.79 Å². The second-order valence-corrected chi connectivity index (χ2v) is 3.68. The van der Waals surface area contributed by atoms with E-state index < -0.39 is 12.0 Å². The van der Waals surface area contributed by atoms with Crippen LogP contribution in [0.5, 0.6) is 0 Å². The summed E-state index contributed by atoms with van der Waals surface area (Å²) < 4.78 is 0. The van der Waals surface area contributed by atoms with Gasteiger partial charge in [0.05, 0.1) is 11.1 Å². The molecule has 5 heteroatoms. The summed E-state index contributed by atoms with van der Waals surface area (Å²) in [6.45, 7) is 1.97. The van der Waals surface area contributed by atoms with Crippen LogP contribution in [0.3, 0.4) is 0 Å². The Hall–Kier alpha value is -0.550. The number of carbonyl (C=O) groups is 1. The quantitative estimate of drug-likeness (QED) is 0.664. The van der Waals surface area contributed by atoms with Gasteiger partial charge in [-0.2, -0.15) is 0 Å². The van der Waals surface area contributed by atoms with Gasteiger partial charge in [0, 0.05) is 5.75 Å². The summed E-state index contributed by atoms with van der Waals surface area (Å²) in [5, 5.41) is 12.6. The largest absolute Gasteiger partial charge is 0.480 e. The predicted octanol–water partition coefficient (Wildman–Crippen LogP) is 0.193. The van der Waals surface area contributed by atoms with Gasteiger partial charge in [-0.3, -0.25) is 4.99 Å². The second-order valence-electron chi connectivity index (χ2n) is 2.64. The van der Waals surface area contributed by atoms with Crippen LogP contribution in [0.1, 0.15) is 6.92 Å². The van der Waals surface area contributed by atoms with E-state index in [4.69, 9.17) is 5.11 Å². The van der Waals surface area contributed by atoms with E-state index in [1.807, 2.05) is 14.0 Å². The third kappa shape index (κ3) is 1.98. The number of aliphatic carboxylic acids is 1. The molecule has 12 heavy (non-hydrogen) atoms. The van der Waals surface area contributed by atoms with Crippen LogP contribution in [0.4, 0.5) is 0 Å². The average molecular weight is 188 g/mol. The van der Waals surface area contributed by atoms with Crippen molar-refractivity contribution in [1.82, 2.24) is 5.32 Å². The molecule has 0 spiro atoms. The van der Waals surface area contributed by atoms with Gasteiger partial charge in [0.15, 0.2) is 6.04 Å². The van der Waals surface area contributed by atoms with Gasteiger partial charge in [-0.1, -0.05) is 0 Å². The van der Waals surface area contributed by atoms with E-state index in [0.29, 0.717) is 5.75 Å². The summed E-state index contributed by atoms with van der Waals surface area (Å²) in [6.07, 6.45) is 0. The van der Waals surface area contributed by atoms with Crippen molar-refractivity contribution in [3.63, 3.8) is 0 Å². The first-order chi connectivity index (χ1) is 5.65. The first-order valence-electron chi connectivity index (χ1n) is 3.75. The van der Waals surface area contributed by atoms with Gasteiger partial charge in [0.2, 0.25) is 0 Å². The molecule has 68 valence electrons. The molecular weight excluding hydrogens is 176 g/mol. The number of hydrogen-bond acceptors (Lipinski definition) is 4. The highest BCUT2D eigenvalue weighted by molar-refractivity contribution is 8.14. The zero-order valence-electron chi connectivity index (χ0n) is 7.07. The maximum atomic E-state index is 10.5. The molecule has 1 rings (SSSR count). The van der Waals surface area contributed by atoms with Gasteiger partial charge in [-0.15, -0.1) is 11.8 Å². The number of nitrogens with zero attached hydrogens (tertiary/aromatic N) is 1. The normalized spacial score (nSPS) is 25.2. The number of rotatable bonds is 3. The minimum atomic E-state index is -0.833. The smallest absolute Gasteiger partial charge is 0.329 e. The highest BCUT2D eigenvalue weighted by Gasteiger charge is 2.26. The van der Waals surface area contributed by atoms with Crippen LogP contribution in [0.15, 0.2) is 4.99 Å². The fourth-order valence-electron chi connectivity index (χ4n) is 0.879. The molecular formula is C7H12N2O2S. The molecule has 0 aromatic rings. The summed E-state index contributed by atoms with van der Waals surface area (Å²) in [6, 6.07) is -0.375. The van der Waals surface area contributed by atoms with Crippen molar-refractivity contribution in [2.45, 2.75) is 19.0 Å². The van der Waals surface area contributed by atoms with Crippen molar-refractivity contribution in [3.05, 3.63) is 0 Å². The third-order valence-corrected chi connectivity index (χ3v) is 3.00. The fourth-order valence-corrected chi connectivity index (χ4v) is 1.99. The van der Waals surface area contributed by atoms with Crippen molar-refractivity contribution >= 4 is 22.8 Å². The summed E-state index contributed by atoms with van der Waals surface area (Å²) in [5.74, 6) is -0.266. The highest BCUT2D eigenvalue weighted by atomic mass is 32.2. The molecule has 0 amide bonds. The third-order valence-electron chi connectivity index (χ3n) is 1.76. The number of carboxylic acid groups (broad SMARTS) is 1. The van der Waals surface area contributed by atoms with Gasteiger partial charge in [0.25, 0.3) is 0 Å². The maximum absolute atomic E-state index is 10.5. The van der Waals surface area contributed by atoms with E-state index >= 15 is 0 Å². The second kappa shape index (κ2) is 3.91. The molecule has 2 N–H and O–H groups in total. The predicted molar refractivity (Wildman–Crippen MR) is 49.8 cm³/mol. The first kappa shape index (κ1) is 9.54. The van der Waals surface area contributed by atoms with Crippen LogP contribution < -0.4 is 5.32 Å². The van der Waals surface area contributed by atoms with Crippen LogP contribution in [-0.2, 0) is 4.79 Å². The molecule has 0 saturated carbocycles. The lowest BCUT2D eigenvalue weighted by molar-refractivity contribution is -0.137. The Morgan fingerprint density at radius 3 is 3.00 bits per heavy atom. The lowest BCUT2D eigenvalue weighted by Crippen LogP contribution is -2.28. The molecule has 0 fully saturated rings. The first-order valence-corrected chi connectivity index (χ1v) is 4.74. The Labute approximate surface area is 75.4 Å². The summed E-state index contributed by atoms with van der Waals surface area (Å²) in [4.78, 5) is 14.6. The molecule has 0 saturated heterocycles. The van der Waals surface area contributed by atoms with E-state index in [1.54, 1.807) is 0 Å². The monoisotopic (exact) mass is 188 g/mol. The van der Waals surface area contributed by atoms with Crippen LogP contribution in [0.25, 0.3) is 0 Å². The summed E-state index contributed by atoms with van der Waals surface area (Å²) in [7, 11) is 1.84. The van der Waals surface area contributed by atoms with Gasteiger partial charge < -0.3 is 10.4 Å². The Morgan fingerprint density at radius 1 is 1.92 bits per heavy atom. The Morgan fingerprint density at radius 2 is 2.58 bits per heavy atom. The molecule has 0 aromatic heterocycles. The molecule has 0 aromatic carbocycles. The molecule has 0 aliphatic carbocycles. The molecule has 1 heterocycles. The van der Waals surface area contributed by atoms with Gasteiger partial charge in [-0.25, -0.2) is 4.79 Å². The summed E-state index contributed by atoms with van der Waals surface area (Å²) in [5.41, 5.74) is 0. The molecule has 2 atom stereocenters. The topological polar surface area (TPSA) is 61.7 Å². The van der Waals surface area contributed by atoms with Gasteiger partial charge in [-0.05, 0) is 14.0 Å². The van der Waals surface area contributed by atoms with E-state index in [-0.39, 0.29) is 6.04 Å². The van der Waals surface area contributed by atoms with Crippen molar-refractivity contribution in [2.24, 2.45) is 4.99 Å².